The Morgan fingerprint density at radius 1 is 0.931 bits per heavy atom. The minimum atomic E-state index is -1.13. The number of hydrogen-bond donors (Lipinski definition) is 1. The first-order valence-corrected chi connectivity index (χ1v) is 10.3. The van der Waals surface area contributed by atoms with Crippen LogP contribution in [0.25, 0.3) is 0 Å². The summed E-state index contributed by atoms with van der Waals surface area (Å²) in [5, 5.41) is 2.86. The summed E-state index contributed by atoms with van der Waals surface area (Å²) in [5.74, 6) is 0.276. The van der Waals surface area contributed by atoms with Crippen molar-refractivity contribution in [2.24, 2.45) is 5.41 Å². The average Bonchev–Trinajstić information content (AvgIpc) is 2.73. The zero-order valence-electron chi connectivity index (χ0n) is 17.9. The summed E-state index contributed by atoms with van der Waals surface area (Å²) in [4.78, 5) is 27.5. The van der Waals surface area contributed by atoms with Crippen molar-refractivity contribution in [2.75, 3.05) is 18.4 Å². The molecule has 0 radical (unpaired) electrons. The lowest BCUT2D eigenvalue weighted by Gasteiger charge is -2.30. The van der Waals surface area contributed by atoms with E-state index in [1.807, 2.05) is 56.3 Å². The smallest absolute Gasteiger partial charge is 0.239 e. The number of nitrogens with zero attached hydrogens (tertiary/aromatic N) is 1. The van der Waals surface area contributed by atoms with Crippen LogP contribution >= 0.6 is 0 Å². The zero-order valence-corrected chi connectivity index (χ0v) is 17.9. The van der Waals surface area contributed by atoms with Crippen molar-refractivity contribution in [3.8, 4) is 5.75 Å². The molecule has 0 aromatic heterocycles. The van der Waals surface area contributed by atoms with Gasteiger partial charge in [0.1, 0.15) is 17.8 Å². The summed E-state index contributed by atoms with van der Waals surface area (Å²) < 4.78 is 5.77. The molecule has 0 fully saturated rings. The first kappa shape index (κ1) is 22.5. The summed E-state index contributed by atoms with van der Waals surface area (Å²) in [6, 6.07) is 17.1. The summed E-state index contributed by atoms with van der Waals surface area (Å²) in [6.07, 6.45) is 1.74. The summed E-state index contributed by atoms with van der Waals surface area (Å²) in [7, 11) is 0. The monoisotopic (exact) mass is 396 g/mol. The second-order valence-electron chi connectivity index (χ2n) is 7.67. The lowest BCUT2D eigenvalue weighted by Crippen LogP contribution is -2.47. The van der Waals surface area contributed by atoms with E-state index in [1.165, 1.54) is 0 Å². The van der Waals surface area contributed by atoms with E-state index in [0.717, 1.165) is 24.2 Å². The number of rotatable bonds is 10. The van der Waals surface area contributed by atoms with Crippen molar-refractivity contribution in [2.45, 2.75) is 47.1 Å². The number of anilines is 1. The van der Waals surface area contributed by atoms with E-state index in [9.17, 15) is 9.59 Å². The summed E-state index contributed by atoms with van der Waals surface area (Å²) in [5.41, 5.74) is 0.599. The molecule has 5 nitrogen and oxygen atoms in total. The second-order valence-corrected chi connectivity index (χ2v) is 7.67. The number of ether oxygens (including phenoxy) is 1. The molecule has 29 heavy (non-hydrogen) atoms. The Kier molecular flexibility index (Phi) is 8.25. The average molecular weight is 397 g/mol. The zero-order chi connectivity index (χ0) is 21.3. The van der Waals surface area contributed by atoms with Crippen LogP contribution in [-0.2, 0) is 16.2 Å². The molecule has 0 saturated heterocycles. The Bertz CT molecular complexity index is 780. The Labute approximate surface area is 174 Å². The van der Waals surface area contributed by atoms with Gasteiger partial charge in [-0.1, -0.05) is 44.2 Å². The molecule has 0 heterocycles. The Morgan fingerprint density at radius 2 is 1.52 bits per heavy atom. The predicted octanol–water partition coefficient (Wildman–Crippen LogP) is 4.88. The molecular weight excluding hydrogens is 364 g/mol. The highest BCUT2D eigenvalue weighted by molar-refractivity contribution is 6.09. The largest absolute Gasteiger partial charge is 0.489 e. The molecule has 0 aliphatic heterocycles. The van der Waals surface area contributed by atoms with Crippen molar-refractivity contribution in [1.29, 1.82) is 0 Å². The first-order valence-electron chi connectivity index (χ1n) is 10.3. The van der Waals surface area contributed by atoms with E-state index in [4.69, 9.17) is 4.74 Å². The van der Waals surface area contributed by atoms with Crippen LogP contribution in [0.5, 0.6) is 5.75 Å². The minimum absolute atomic E-state index is 0.137. The number of carbonyl (C=O) groups is 2. The SMILES string of the molecule is CCCN(CCC)C(=O)C(C)(C)C(=O)Nc1ccc(OCc2ccccc2)cc1. The summed E-state index contributed by atoms with van der Waals surface area (Å²) >= 11 is 0. The van der Waals surface area contributed by atoms with Crippen molar-refractivity contribution < 1.29 is 14.3 Å². The van der Waals surface area contributed by atoms with E-state index in [2.05, 4.69) is 5.32 Å². The Morgan fingerprint density at radius 3 is 2.07 bits per heavy atom. The maximum Gasteiger partial charge on any atom is 0.239 e. The number of hydrogen-bond acceptors (Lipinski definition) is 3. The molecule has 0 aliphatic rings. The standard InChI is InChI=1S/C24H32N2O3/c1-5-16-26(17-6-2)23(28)24(3,4)22(27)25-20-12-14-21(15-13-20)29-18-19-10-8-7-9-11-19/h7-15H,5-6,16-18H2,1-4H3,(H,25,27). The quantitative estimate of drug-likeness (QED) is 0.582. The predicted molar refractivity (Wildman–Crippen MR) is 117 cm³/mol. The van der Waals surface area contributed by atoms with E-state index >= 15 is 0 Å². The number of carbonyl (C=O) groups excluding carboxylic acids is 2. The van der Waals surface area contributed by atoms with Gasteiger partial charge in [0.05, 0.1) is 0 Å². The van der Waals surface area contributed by atoms with Crippen LogP contribution in [0, 0.1) is 5.41 Å². The highest BCUT2D eigenvalue weighted by Crippen LogP contribution is 2.24. The van der Waals surface area contributed by atoms with Gasteiger partial charge in [-0.2, -0.15) is 0 Å². The van der Waals surface area contributed by atoms with Gasteiger partial charge in [-0.05, 0) is 56.5 Å². The van der Waals surface area contributed by atoms with Crippen LogP contribution in [-0.4, -0.2) is 29.8 Å². The Hall–Kier alpha value is -2.82. The lowest BCUT2D eigenvalue weighted by atomic mass is 9.90. The highest BCUT2D eigenvalue weighted by Gasteiger charge is 2.38. The molecule has 0 spiro atoms. The fourth-order valence-corrected chi connectivity index (χ4v) is 3.01. The van der Waals surface area contributed by atoms with Crippen molar-refractivity contribution >= 4 is 17.5 Å². The normalized spacial score (nSPS) is 11.0. The number of nitrogens with one attached hydrogen (secondary N) is 1. The molecule has 2 aromatic rings. The second kappa shape index (κ2) is 10.6. The maximum atomic E-state index is 12.9. The molecule has 2 aromatic carbocycles. The van der Waals surface area contributed by atoms with E-state index in [1.54, 1.807) is 30.9 Å². The molecule has 1 N–H and O–H groups in total. The molecule has 2 amide bonds. The van der Waals surface area contributed by atoms with Gasteiger partial charge in [-0.3, -0.25) is 9.59 Å². The van der Waals surface area contributed by atoms with Crippen LogP contribution in [0.15, 0.2) is 54.6 Å². The van der Waals surface area contributed by atoms with Gasteiger partial charge in [0.2, 0.25) is 11.8 Å². The van der Waals surface area contributed by atoms with Gasteiger partial charge >= 0.3 is 0 Å². The molecule has 2 rings (SSSR count). The van der Waals surface area contributed by atoms with Crippen molar-refractivity contribution in [3.63, 3.8) is 0 Å². The van der Waals surface area contributed by atoms with Crippen molar-refractivity contribution in [3.05, 3.63) is 60.2 Å². The summed E-state index contributed by atoms with van der Waals surface area (Å²) in [6.45, 7) is 9.24. The fraction of sp³-hybridized carbons (Fsp3) is 0.417. The third kappa shape index (κ3) is 6.34. The minimum Gasteiger partial charge on any atom is -0.489 e. The van der Waals surface area contributed by atoms with E-state index in [-0.39, 0.29) is 11.8 Å². The molecule has 0 unspecified atom stereocenters. The van der Waals surface area contributed by atoms with Crippen LogP contribution < -0.4 is 10.1 Å². The first-order chi connectivity index (χ1) is 13.9. The van der Waals surface area contributed by atoms with Crippen molar-refractivity contribution in [1.82, 2.24) is 4.90 Å². The molecule has 0 bridgehead atoms. The van der Waals surface area contributed by atoms with E-state index < -0.39 is 5.41 Å². The molecule has 0 atom stereocenters. The molecule has 156 valence electrons. The molecule has 5 heteroatoms. The van der Waals surface area contributed by atoms with Crippen LogP contribution in [0.4, 0.5) is 5.69 Å². The van der Waals surface area contributed by atoms with E-state index in [0.29, 0.717) is 25.4 Å². The Balaban J connectivity index is 1.97. The van der Waals surface area contributed by atoms with Crippen LogP contribution in [0.2, 0.25) is 0 Å². The highest BCUT2D eigenvalue weighted by atomic mass is 16.5. The number of benzene rings is 2. The van der Waals surface area contributed by atoms with Gasteiger partial charge in [-0.25, -0.2) is 0 Å². The molecular formula is C24H32N2O3. The number of amides is 2. The fourth-order valence-electron chi connectivity index (χ4n) is 3.01. The van der Waals surface area contributed by atoms with Crippen LogP contribution in [0.1, 0.15) is 46.1 Å². The van der Waals surface area contributed by atoms with Gasteiger partial charge in [0.25, 0.3) is 0 Å². The topological polar surface area (TPSA) is 58.6 Å². The van der Waals surface area contributed by atoms with Crippen LogP contribution in [0.3, 0.4) is 0 Å². The van der Waals surface area contributed by atoms with Gasteiger partial charge in [-0.15, -0.1) is 0 Å². The third-order valence-electron chi connectivity index (χ3n) is 4.74. The van der Waals surface area contributed by atoms with Gasteiger partial charge in [0.15, 0.2) is 0 Å². The lowest BCUT2D eigenvalue weighted by molar-refractivity contribution is -0.146. The molecule has 0 saturated carbocycles. The maximum absolute atomic E-state index is 12.9. The third-order valence-corrected chi connectivity index (χ3v) is 4.74. The van der Waals surface area contributed by atoms with Gasteiger partial charge in [0, 0.05) is 18.8 Å². The van der Waals surface area contributed by atoms with Gasteiger partial charge < -0.3 is 15.0 Å². The molecule has 0 aliphatic carbocycles.